The Labute approximate surface area is 161 Å². The molecule has 0 aliphatic carbocycles. The summed E-state index contributed by atoms with van der Waals surface area (Å²) in [5.74, 6) is 0.435. The number of ether oxygens (including phenoxy) is 2. The Kier molecular flexibility index (Phi) is 5.67. The molecule has 2 aliphatic heterocycles. The molecule has 1 amide bonds. The standard InChI is InChI=1S/C17H25N7O4/c1-10-11(22-13(26)7-24-2-4-27-5-3-24)6-12(25)17(28-10)23-16-14-15(19-8-18-14)20-9-21-16/h8-12,17,25H,2-7H2,1H3,(H,22,26)(H2,18,19,20,21,23)/t10-,11+,12-,17-/m0/s1. The van der Waals surface area contributed by atoms with Crippen molar-refractivity contribution in [2.24, 2.45) is 0 Å². The minimum atomic E-state index is -0.808. The van der Waals surface area contributed by atoms with Crippen LogP contribution in [-0.2, 0) is 14.3 Å². The maximum atomic E-state index is 12.3. The molecule has 0 unspecified atom stereocenters. The number of rotatable bonds is 5. The fraction of sp³-hybridized carbons (Fsp3) is 0.647. The largest absolute Gasteiger partial charge is 0.388 e. The van der Waals surface area contributed by atoms with Crippen LogP contribution in [0.25, 0.3) is 11.2 Å². The van der Waals surface area contributed by atoms with Crippen molar-refractivity contribution in [1.82, 2.24) is 30.2 Å². The van der Waals surface area contributed by atoms with Crippen LogP contribution in [0.5, 0.6) is 0 Å². The van der Waals surface area contributed by atoms with Gasteiger partial charge >= 0.3 is 0 Å². The third-order valence-corrected chi connectivity index (χ3v) is 5.09. The molecule has 2 aromatic heterocycles. The molecule has 2 aliphatic rings. The highest BCUT2D eigenvalue weighted by Crippen LogP contribution is 2.23. The number of H-pyrrole nitrogens is 1. The zero-order valence-corrected chi connectivity index (χ0v) is 15.7. The van der Waals surface area contributed by atoms with Gasteiger partial charge in [0.25, 0.3) is 0 Å². The molecule has 0 aromatic carbocycles. The number of nitrogens with zero attached hydrogens (tertiary/aromatic N) is 4. The number of hydrogen-bond donors (Lipinski definition) is 4. The van der Waals surface area contributed by atoms with E-state index in [4.69, 9.17) is 9.47 Å². The number of anilines is 1. The molecule has 28 heavy (non-hydrogen) atoms. The number of amides is 1. The molecule has 4 N–H and O–H groups in total. The van der Waals surface area contributed by atoms with E-state index in [2.05, 4.69) is 35.5 Å². The third kappa shape index (κ3) is 4.22. The monoisotopic (exact) mass is 391 g/mol. The molecule has 0 bridgehead atoms. The third-order valence-electron chi connectivity index (χ3n) is 5.09. The highest BCUT2D eigenvalue weighted by Gasteiger charge is 2.36. The van der Waals surface area contributed by atoms with Gasteiger partial charge in [-0.25, -0.2) is 15.0 Å². The molecule has 11 heteroatoms. The topological polar surface area (TPSA) is 138 Å². The number of imidazole rings is 1. The van der Waals surface area contributed by atoms with E-state index in [0.717, 1.165) is 13.1 Å². The minimum Gasteiger partial charge on any atom is -0.388 e. The minimum absolute atomic E-state index is 0.0732. The Hall–Kier alpha value is -2.34. The van der Waals surface area contributed by atoms with E-state index in [1.165, 1.54) is 12.7 Å². The first kappa shape index (κ1) is 19.0. The van der Waals surface area contributed by atoms with Gasteiger partial charge in [-0.15, -0.1) is 0 Å². The first-order valence-electron chi connectivity index (χ1n) is 9.44. The second-order valence-electron chi connectivity index (χ2n) is 7.10. The summed E-state index contributed by atoms with van der Waals surface area (Å²) in [5, 5.41) is 16.6. The van der Waals surface area contributed by atoms with E-state index in [1.807, 2.05) is 6.92 Å². The number of aliphatic hydroxyl groups is 1. The van der Waals surface area contributed by atoms with E-state index in [-0.39, 0.29) is 18.1 Å². The lowest BCUT2D eigenvalue weighted by molar-refractivity contribution is -0.134. The van der Waals surface area contributed by atoms with Gasteiger partial charge in [-0.05, 0) is 6.92 Å². The van der Waals surface area contributed by atoms with Crippen LogP contribution in [0.4, 0.5) is 5.82 Å². The predicted molar refractivity (Wildman–Crippen MR) is 99.5 cm³/mol. The first-order valence-corrected chi connectivity index (χ1v) is 9.44. The highest BCUT2D eigenvalue weighted by molar-refractivity contribution is 5.82. The summed E-state index contributed by atoms with van der Waals surface area (Å²) in [7, 11) is 0. The number of aromatic nitrogens is 4. The Bertz CT molecular complexity index is 810. The van der Waals surface area contributed by atoms with Crippen molar-refractivity contribution in [1.29, 1.82) is 0 Å². The lowest BCUT2D eigenvalue weighted by atomic mass is 9.99. The molecule has 2 saturated heterocycles. The molecule has 11 nitrogen and oxygen atoms in total. The van der Waals surface area contributed by atoms with Gasteiger partial charge in [0.1, 0.15) is 17.9 Å². The van der Waals surface area contributed by atoms with Crippen LogP contribution in [0.15, 0.2) is 12.7 Å². The normalized spacial score (nSPS) is 28.9. The molecule has 152 valence electrons. The van der Waals surface area contributed by atoms with E-state index >= 15 is 0 Å². The summed E-state index contributed by atoms with van der Waals surface area (Å²) >= 11 is 0. The van der Waals surface area contributed by atoms with E-state index in [9.17, 15) is 9.90 Å². The molecule has 2 fully saturated rings. The van der Waals surface area contributed by atoms with Crippen molar-refractivity contribution in [2.45, 2.75) is 37.8 Å². The summed E-state index contributed by atoms with van der Waals surface area (Å²) in [6.07, 6.45) is 1.59. The van der Waals surface area contributed by atoms with Crippen molar-refractivity contribution in [3.63, 3.8) is 0 Å². The smallest absolute Gasteiger partial charge is 0.234 e. The summed E-state index contributed by atoms with van der Waals surface area (Å²) < 4.78 is 11.2. The molecule has 4 rings (SSSR count). The Morgan fingerprint density at radius 3 is 3.00 bits per heavy atom. The molecule has 2 aromatic rings. The summed E-state index contributed by atoms with van der Waals surface area (Å²) in [5.41, 5.74) is 1.18. The fourth-order valence-corrected chi connectivity index (χ4v) is 3.52. The molecular formula is C17H25N7O4. The van der Waals surface area contributed by atoms with E-state index in [0.29, 0.717) is 43.2 Å². The summed E-state index contributed by atoms with van der Waals surface area (Å²) in [6, 6.07) is -0.265. The van der Waals surface area contributed by atoms with Crippen LogP contribution in [0.2, 0.25) is 0 Å². The molecule has 4 atom stereocenters. The van der Waals surface area contributed by atoms with Crippen molar-refractivity contribution in [3.05, 3.63) is 12.7 Å². The number of fused-ring (bicyclic) bond motifs is 1. The number of nitrogens with one attached hydrogen (secondary N) is 3. The number of carbonyl (C=O) groups excluding carboxylic acids is 1. The lowest BCUT2D eigenvalue weighted by Gasteiger charge is -2.39. The maximum absolute atomic E-state index is 12.3. The van der Waals surface area contributed by atoms with Crippen LogP contribution in [0, 0.1) is 0 Å². The van der Waals surface area contributed by atoms with Crippen LogP contribution >= 0.6 is 0 Å². The van der Waals surface area contributed by atoms with Gasteiger partial charge in [0.15, 0.2) is 17.7 Å². The second kappa shape index (κ2) is 8.35. The second-order valence-corrected chi connectivity index (χ2v) is 7.10. The van der Waals surface area contributed by atoms with Crippen molar-refractivity contribution >= 4 is 22.9 Å². The highest BCUT2D eigenvalue weighted by atomic mass is 16.5. The maximum Gasteiger partial charge on any atom is 0.234 e. The average Bonchev–Trinajstić information content (AvgIpc) is 3.16. The molecule has 0 saturated carbocycles. The molecular weight excluding hydrogens is 366 g/mol. The number of aromatic amines is 1. The fourth-order valence-electron chi connectivity index (χ4n) is 3.52. The SMILES string of the molecule is C[C@@H]1O[C@H](Nc2ncnc3nc[nH]c23)[C@@H](O)C[C@H]1NC(=O)CN1CCOCC1. The lowest BCUT2D eigenvalue weighted by Crippen LogP contribution is -2.57. The van der Waals surface area contributed by atoms with Crippen molar-refractivity contribution < 1.29 is 19.4 Å². The average molecular weight is 391 g/mol. The number of hydrogen-bond acceptors (Lipinski definition) is 9. The van der Waals surface area contributed by atoms with Gasteiger partial charge in [0.05, 0.1) is 38.2 Å². The van der Waals surface area contributed by atoms with E-state index < -0.39 is 12.3 Å². The van der Waals surface area contributed by atoms with Gasteiger partial charge in [0, 0.05) is 19.5 Å². The summed E-state index contributed by atoms with van der Waals surface area (Å²) in [4.78, 5) is 29.7. The van der Waals surface area contributed by atoms with Crippen LogP contribution < -0.4 is 10.6 Å². The van der Waals surface area contributed by atoms with E-state index in [1.54, 1.807) is 0 Å². The molecule has 0 radical (unpaired) electrons. The summed E-state index contributed by atoms with van der Waals surface area (Å²) in [6.45, 7) is 5.00. The Balaban J connectivity index is 1.33. The number of aliphatic hydroxyl groups excluding tert-OH is 1. The molecule has 0 spiro atoms. The zero-order valence-electron chi connectivity index (χ0n) is 15.7. The number of carbonyl (C=O) groups is 1. The van der Waals surface area contributed by atoms with Crippen molar-refractivity contribution in [2.75, 3.05) is 38.2 Å². The molecule has 4 heterocycles. The van der Waals surface area contributed by atoms with Crippen LogP contribution in [0.1, 0.15) is 13.3 Å². The van der Waals surface area contributed by atoms with Gasteiger partial charge < -0.3 is 30.2 Å². The van der Waals surface area contributed by atoms with Gasteiger partial charge in [-0.1, -0.05) is 0 Å². The Morgan fingerprint density at radius 1 is 1.36 bits per heavy atom. The number of morpholine rings is 1. The quantitative estimate of drug-likeness (QED) is 0.510. The first-order chi connectivity index (χ1) is 13.6. The van der Waals surface area contributed by atoms with Gasteiger partial charge in [-0.2, -0.15) is 0 Å². The Morgan fingerprint density at radius 2 is 2.18 bits per heavy atom. The predicted octanol–water partition coefficient (Wildman–Crippen LogP) is -0.922. The van der Waals surface area contributed by atoms with Crippen LogP contribution in [0.3, 0.4) is 0 Å². The van der Waals surface area contributed by atoms with Crippen LogP contribution in [-0.4, -0.2) is 93.2 Å². The zero-order chi connectivity index (χ0) is 19.5. The van der Waals surface area contributed by atoms with Crippen molar-refractivity contribution in [3.8, 4) is 0 Å². The van der Waals surface area contributed by atoms with Gasteiger partial charge in [-0.3, -0.25) is 9.69 Å². The van der Waals surface area contributed by atoms with Gasteiger partial charge in [0.2, 0.25) is 5.91 Å².